The molecule has 1 aliphatic heterocycles. The molecule has 3 heterocycles. The largest absolute Gasteiger partial charge is 0.465 e. The van der Waals surface area contributed by atoms with Crippen molar-refractivity contribution in [2.24, 2.45) is 0 Å². The van der Waals surface area contributed by atoms with Crippen LogP contribution in [-0.4, -0.2) is 47.0 Å². The molecular formula is C15H19N3O2. The van der Waals surface area contributed by atoms with E-state index in [0.29, 0.717) is 11.5 Å². The van der Waals surface area contributed by atoms with Gasteiger partial charge in [0.15, 0.2) is 0 Å². The Morgan fingerprint density at radius 1 is 1.55 bits per heavy atom. The molecule has 0 aromatic carbocycles. The number of likely N-dealkylation sites (N-methyl/N-ethyl adjacent to an activating group) is 1. The summed E-state index contributed by atoms with van der Waals surface area (Å²) < 4.78 is 6.82. The molecular weight excluding hydrogens is 254 g/mol. The molecule has 20 heavy (non-hydrogen) atoms. The standard InChI is InChI=1S/C15H19N3O2/c1-3-17-6-4-12(10-17)14-16-9-13-8-11(15(19)20-2)5-7-18(13)14/h5,7-9,12H,3-4,6,10H2,1-2H3. The Balaban J connectivity index is 1.92. The van der Waals surface area contributed by atoms with Crippen LogP contribution in [0.25, 0.3) is 5.52 Å². The number of imidazole rings is 1. The van der Waals surface area contributed by atoms with Gasteiger partial charge < -0.3 is 14.0 Å². The molecule has 2 aromatic rings. The van der Waals surface area contributed by atoms with Crippen LogP contribution < -0.4 is 0 Å². The Morgan fingerprint density at radius 3 is 3.10 bits per heavy atom. The third-order valence-corrected chi connectivity index (χ3v) is 4.07. The highest BCUT2D eigenvalue weighted by atomic mass is 16.5. The number of rotatable bonds is 3. The van der Waals surface area contributed by atoms with Crippen LogP contribution in [0, 0.1) is 0 Å². The molecule has 0 spiro atoms. The molecule has 3 rings (SSSR count). The van der Waals surface area contributed by atoms with Crippen molar-refractivity contribution in [2.75, 3.05) is 26.7 Å². The number of aromatic nitrogens is 2. The summed E-state index contributed by atoms with van der Waals surface area (Å²) in [6, 6.07) is 3.62. The Kier molecular flexibility index (Phi) is 3.44. The second-order valence-corrected chi connectivity index (χ2v) is 5.20. The lowest BCUT2D eigenvalue weighted by molar-refractivity contribution is 0.0600. The number of pyridine rings is 1. The van der Waals surface area contributed by atoms with E-state index in [1.807, 2.05) is 18.5 Å². The van der Waals surface area contributed by atoms with E-state index >= 15 is 0 Å². The lowest BCUT2D eigenvalue weighted by Crippen LogP contribution is -2.19. The monoisotopic (exact) mass is 273 g/mol. The smallest absolute Gasteiger partial charge is 0.337 e. The SMILES string of the molecule is CCN1CCC(c2ncc3cc(C(=O)OC)ccn23)C1. The summed E-state index contributed by atoms with van der Waals surface area (Å²) in [6.45, 7) is 5.48. The predicted molar refractivity (Wildman–Crippen MR) is 76.0 cm³/mol. The zero-order chi connectivity index (χ0) is 14.1. The second-order valence-electron chi connectivity index (χ2n) is 5.20. The van der Waals surface area contributed by atoms with Crippen molar-refractivity contribution in [3.63, 3.8) is 0 Å². The fourth-order valence-electron chi connectivity index (χ4n) is 2.90. The van der Waals surface area contributed by atoms with Crippen LogP contribution in [0.1, 0.15) is 35.4 Å². The topological polar surface area (TPSA) is 46.8 Å². The van der Waals surface area contributed by atoms with E-state index in [4.69, 9.17) is 4.74 Å². The lowest BCUT2D eigenvalue weighted by atomic mass is 10.1. The van der Waals surface area contributed by atoms with Crippen LogP contribution in [0.4, 0.5) is 0 Å². The maximum Gasteiger partial charge on any atom is 0.337 e. The minimum Gasteiger partial charge on any atom is -0.465 e. The molecule has 0 radical (unpaired) electrons. The molecule has 0 N–H and O–H groups in total. The van der Waals surface area contributed by atoms with E-state index in [9.17, 15) is 4.79 Å². The fourth-order valence-corrected chi connectivity index (χ4v) is 2.90. The summed E-state index contributed by atoms with van der Waals surface area (Å²) in [5.74, 6) is 1.25. The summed E-state index contributed by atoms with van der Waals surface area (Å²) in [5.41, 5.74) is 1.51. The number of esters is 1. The average Bonchev–Trinajstić information content (AvgIpc) is 3.11. The maximum atomic E-state index is 11.5. The van der Waals surface area contributed by atoms with Crippen LogP contribution in [0.5, 0.6) is 0 Å². The van der Waals surface area contributed by atoms with Crippen molar-refractivity contribution >= 4 is 11.5 Å². The first kappa shape index (κ1) is 13.1. The van der Waals surface area contributed by atoms with E-state index in [1.165, 1.54) is 7.11 Å². The third kappa shape index (κ3) is 2.18. The minimum absolute atomic E-state index is 0.312. The first-order chi connectivity index (χ1) is 9.72. The molecule has 5 heteroatoms. The highest BCUT2D eigenvalue weighted by Gasteiger charge is 2.26. The van der Waals surface area contributed by atoms with Crippen molar-refractivity contribution in [1.29, 1.82) is 0 Å². The molecule has 1 saturated heterocycles. The quantitative estimate of drug-likeness (QED) is 0.802. The first-order valence-electron chi connectivity index (χ1n) is 7.00. The van der Waals surface area contributed by atoms with Gasteiger partial charge in [0, 0.05) is 18.7 Å². The lowest BCUT2D eigenvalue weighted by Gasteiger charge is -2.12. The van der Waals surface area contributed by atoms with Gasteiger partial charge >= 0.3 is 5.97 Å². The molecule has 0 aliphatic carbocycles. The summed E-state index contributed by atoms with van der Waals surface area (Å²) in [4.78, 5) is 18.5. The summed E-state index contributed by atoms with van der Waals surface area (Å²) in [5, 5.41) is 0. The van der Waals surface area contributed by atoms with Crippen molar-refractivity contribution in [3.8, 4) is 0 Å². The number of methoxy groups -OCH3 is 1. The van der Waals surface area contributed by atoms with Crippen LogP contribution in [0.3, 0.4) is 0 Å². The van der Waals surface area contributed by atoms with Gasteiger partial charge in [-0.1, -0.05) is 6.92 Å². The van der Waals surface area contributed by atoms with Gasteiger partial charge in [-0.25, -0.2) is 9.78 Å². The Bertz CT molecular complexity index is 635. The number of carbonyl (C=O) groups is 1. The van der Waals surface area contributed by atoms with Gasteiger partial charge in [0.2, 0.25) is 0 Å². The molecule has 2 aromatic heterocycles. The van der Waals surface area contributed by atoms with E-state index in [2.05, 4.69) is 21.2 Å². The summed E-state index contributed by atoms with van der Waals surface area (Å²) in [7, 11) is 1.40. The van der Waals surface area contributed by atoms with Crippen molar-refractivity contribution in [3.05, 3.63) is 35.9 Å². The summed E-state index contributed by atoms with van der Waals surface area (Å²) >= 11 is 0. The van der Waals surface area contributed by atoms with Crippen molar-refractivity contribution in [1.82, 2.24) is 14.3 Å². The van der Waals surface area contributed by atoms with Gasteiger partial charge in [0.25, 0.3) is 0 Å². The molecule has 0 amide bonds. The average molecular weight is 273 g/mol. The van der Waals surface area contributed by atoms with Gasteiger partial charge in [0.1, 0.15) is 5.82 Å². The highest BCUT2D eigenvalue weighted by molar-refractivity contribution is 5.90. The minimum atomic E-state index is -0.312. The Hall–Kier alpha value is -1.88. The number of hydrogen-bond acceptors (Lipinski definition) is 4. The zero-order valence-electron chi connectivity index (χ0n) is 11.9. The molecule has 0 bridgehead atoms. The number of fused-ring (bicyclic) bond motifs is 1. The van der Waals surface area contributed by atoms with Gasteiger partial charge in [-0.2, -0.15) is 0 Å². The van der Waals surface area contributed by atoms with E-state index < -0.39 is 0 Å². The van der Waals surface area contributed by atoms with Crippen LogP contribution >= 0.6 is 0 Å². The number of hydrogen-bond donors (Lipinski definition) is 0. The van der Waals surface area contributed by atoms with Crippen LogP contribution in [-0.2, 0) is 4.74 Å². The van der Waals surface area contributed by atoms with E-state index in [0.717, 1.165) is 37.4 Å². The predicted octanol–water partition coefficient (Wildman–Crippen LogP) is 1.93. The molecule has 0 saturated carbocycles. The first-order valence-corrected chi connectivity index (χ1v) is 7.00. The van der Waals surface area contributed by atoms with Gasteiger partial charge in [0.05, 0.1) is 24.4 Å². The van der Waals surface area contributed by atoms with E-state index in [1.54, 1.807) is 6.07 Å². The highest BCUT2D eigenvalue weighted by Crippen LogP contribution is 2.26. The fraction of sp³-hybridized carbons (Fsp3) is 0.467. The van der Waals surface area contributed by atoms with Crippen molar-refractivity contribution in [2.45, 2.75) is 19.3 Å². The third-order valence-electron chi connectivity index (χ3n) is 4.07. The number of carbonyl (C=O) groups excluding carboxylic acids is 1. The molecule has 5 nitrogen and oxygen atoms in total. The molecule has 1 aliphatic rings. The number of ether oxygens (including phenoxy) is 1. The normalized spacial score (nSPS) is 19.6. The van der Waals surface area contributed by atoms with Gasteiger partial charge in [-0.05, 0) is 31.6 Å². The zero-order valence-corrected chi connectivity index (χ0v) is 11.9. The van der Waals surface area contributed by atoms with Crippen LogP contribution in [0.15, 0.2) is 24.5 Å². The number of nitrogens with zero attached hydrogens (tertiary/aromatic N) is 3. The van der Waals surface area contributed by atoms with Gasteiger partial charge in [-0.3, -0.25) is 0 Å². The van der Waals surface area contributed by atoms with E-state index in [-0.39, 0.29) is 5.97 Å². The molecule has 1 fully saturated rings. The molecule has 106 valence electrons. The van der Waals surface area contributed by atoms with Gasteiger partial charge in [-0.15, -0.1) is 0 Å². The maximum absolute atomic E-state index is 11.5. The molecule has 1 atom stereocenters. The van der Waals surface area contributed by atoms with Crippen molar-refractivity contribution < 1.29 is 9.53 Å². The Labute approximate surface area is 118 Å². The second kappa shape index (κ2) is 5.25. The number of likely N-dealkylation sites (tertiary alicyclic amines) is 1. The summed E-state index contributed by atoms with van der Waals surface area (Å²) in [6.07, 6.45) is 4.89. The van der Waals surface area contributed by atoms with Crippen LogP contribution in [0.2, 0.25) is 0 Å². The molecule has 1 unspecified atom stereocenters. The Morgan fingerprint density at radius 2 is 2.40 bits per heavy atom.